The normalized spacial score (nSPS) is 12.1. The van der Waals surface area contributed by atoms with E-state index >= 15 is 0 Å². The Morgan fingerprint density at radius 2 is 2.25 bits per heavy atom. The number of nitrogens with two attached hydrogens (primary N) is 1. The molecule has 1 aromatic carbocycles. The maximum absolute atomic E-state index is 11.8. The average molecular weight is 275 g/mol. The smallest absolute Gasteiger partial charge is 0.358 e. The van der Waals surface area contributed by atoms with Crippen LogP contribution in [0.2, 0.25) is 0 Å². The average Bonchev–Trinajstić information content (AvgIpc) is 2.94. The molecule has 1 aromatic heterocycles. The first kappa shape index (κ1) is 14.1. The van der Waals surface area contributed by atoms with Gasteiger partial charge in [0.25, 0.3) is 0 Å². The molecule has 2 aromatic rings. The fourth-order valence-electron chi connectivity index (χ4n) is 1.58. The Balaban J connectivity index is 2.07. The van der Waals surface area contributed by atoms with E-state index in [1.54, 1.807) is 36.2 Å². The highest BCUT2D eigenvalue weighted by molar-refractivity contribution is 5.87. The maximum Gasteiger partial charge on any atom is 0.358 e. The summed E-state index contributed by atoms with van der Waals surface area (Å²) in [5.41, 5.74) is 7.38. The monoisotopic (exact) mass is 275 g/mol. The number of carbonyl (C=O) groups is 1. The predicted octanol–water partition coefficient (Wildman–Crippen LogP) is 1.65. The number of ether oxygens (including phenoxy) is 2. The van der Waals surface area contributed by atoms with E-state index in [4.69, 9.17) is 15.2 Å². The van der Waals surface area contributed by atoms with Gasteiger partial charge >= 0.3 is 5.97 Å². The number of carbonyl (C=O) groups excluding carboxylic acids is 1. The number of anilines is 1. The molecule has 0 fully saturated rings. The van der Waals surface area contributed by atoms with E-state index in [2.05, 4.69) is 5.10 Å². The molecule has 1 heterocycles. The van der Waals surface area contributed by atoms with Crippen molar-refractivity contribution in [2.75, 3.05) is 19.5 Å². The molecule has 1 atom stereocenters. The molecule has 0 saturated heterocycles. The summed E-state index contributed by atoms with van der Waals surface area (Å²) in [4.78, 5) is 11.8. The number of benzene rings is 1. The van der Waals surface area contributed by atoms with Gasteiger partial charge in [0.1, 0.15) is 6.61 Å². The minimum atomic E-state index is -0.475. The minimum absolute atomic E-state index is 0.144. The SMILES string of the molecule is COC(C)COC(=O)c1ccn(-c2cccc(N)c2)n1. The van der Waals surface area contributed by atoms with Crippen LogP contribution in [-0.4, -0.2) is 35.6 Å². The molecule has 106 valence electrons. The second-order valence-electron chi connectivity index (χ2n) is 4.39. The van der Waals surface area contributed by atoms with E-state index in [0.717, 1.165) is 5.69 Å². The molecule has 2 N–H and O–H groups in total. The Kier molecular flexibility index (Phi) is 4.37. The molecule has 2 rings (SSSR count). The Bertz CT molecular complexity index is 595. The number of aromatic nitrogens is 2. The van der Waals surface area contributed by atoms with Gasteiger partial charge < -0.3 is 15.2 Å². The van der Waals surface area contributed by atoms with Crippen molar-refractivity contribution < 1.29 is 14.3 Å². The first-order chi connectivity index (χ1) is 9.60. The molecule has 0 amide bonds. The Labute approximate surface area is 117 Å². The van der Waals surface area contributed by atoms with Crippen LogP contribution in [0.1, 0.15) is 17.4 Å². The third-order valence-corrected chi connectivity index (χ3v) is 2.78. The molecular weight excluding hydrogens is 258 g/mol. The van der Waals surface area contributed by atoms with Crippen molar-refractivity contribution in [3.63, 3.8) is 0 Å². The lowest BCUT2D eigenvalue weighted by molar-refractivity contribution is 0.0164. The zero-order chi connectivity index (χ0) is 14.5. The van der Waals surface area contributed by atoms with Gasteiger partial charge in [-0.2, -0.15) is 5.10 Å². The van der Waals surface area contributed by atoms with Gasteiger partial charge in [0.2, 0.25) is 0 Å². The molecule has 0 aliphatic heterocycles. The van der Waals surface area contributed by atoms with Crippen LogP contribution in [0.5, 0.6) is 0 Å². The third kappa shape index (κ3) is 3.36. The highest BCUT2D eigenvalue weighted by atomic mass is 16.6. The second kappa shape index (κ2) is 6.21. The lowest BCUT2D eigenvalue weighted by Crippen LogP contribution is -2.18. The Morgan fingerprint density at radius 3 is 2.95 bits per heavy atom. The minimum Gasteiger partial charge on any atom is -0.458 e. The molecule has 0 saturated carbocycles. The van der Waals surface area contributed by atoms with Crippen LogP contribution < -0.4 is 5.73 Å². The number of esters is 1. The van der Waals surface area contributed by atoms with Crippen LogP contribution in [0.3, 0.4) is 0 Å². The molecule has 0 bridgehead atoms. The molecule has 0 aliphatic rings. The number of hydrogen-bond acceptors (Lipinski definition) is 5. The highest BCUT2D eigenvalue weighted by Gasteiger charge is 2.13. The molecule has 0 spiro atoms. The summed E-state index contributed by atoms with van der Waals surface area (Å²) in [5.74, 6) is -0.475. The molecule has 1 unspecified atom stereocenters. The van der Waals surface area contributed by atoms with Gasteiger partial charge in [0, 0.05) is 19.0 Å². The van der Waals surface area contributed by atoms with Crippen molar-refractivity contribution in [2.45, 2.75) is 13.0 Å². The van der Waals surface area contributed by atoms with Gasteiger partial charge in [-0.15, -0.1) is 0 Å². The first-order valence-corrected chi connectivity index (χ1v) is 6.21. The fraction of sp³-hybridized carbons (Fsp3) is 0.286. The zero-order valence-electron chi connectivity index (χ0n) is 11.4. The van der Waals surface area contributed by atoms with E-state index in [9.17, 15) is 4.79 Å². The lowest BCUT2D eigenvalue weighted by atomic mass is 10.3. The van der Waals surface area contributed by atoms with Crippen LogP contribution in [0.4, 0.5) is 5.69 Å². The fourth-order valence-corrected chi connectivity index (χ4v) is 1.58. The highest BCUT2D eigenvalue weighted by Crippen LogP contribution is 2.12. The zero-order valence-corrected chi connectivity index (χ0v) is 11.4. The Morgan fingerprint density at radius 1 is 1.45 bits per heavy atom. The molecule has 0 radical (unpaired) electrons. The summed E-state index contributed by atoms with van der Waals surface area (Å²) >= 11 is 0. The van der Waals surface area contributed by atoms with Gasteiger partial charge in [-0.05, 0) is 31.2 Å². The lowest BCUT2D eigenvalue weighted by Gasteiger charge is -2.08. The molecule has 6 heteroatoms. The van der Waals surface area contributed by atoms with Crippen LogP contribution >= 0.6 is 0 Å². The number of rotatable bonds is 5. The molecular formula is C14H17N3O3. The van der Waals surface area contributed by atoms with Crippen molar-refractivity contribution in [2.24, 2.45) is 0 Å². The topological polar surface area (TPSA) is 79.4 Å². The van der Waals surface area contributed by atoms with Crippen LogP contribution in [0, 0.1) is 0 Å². The number of nitrogen functional groups attached to an aromatic ring is 1. The van der Waals surface area contributed by atoms with E-state index in [-0.39, 0.29) is 18.4 Å². The van der Waals surface area contributed by atoms with Gasteiger partial charge in [0.15, 0.2) is 5.69 Å². The molecule has 20 heavy (non-hydrogen) atoms. The summed E-state index contributed by atoms with van der Waals surface area (Å²) < 4.78 is 11.7. The summed E-state index contributed by atoms with van der Waals surface area (Å²) in [6, 6.07) is 8.84. The predicted molar refractivity (Wildman–Crippen MR) is 74.7 cm³/mol. The molecule has 0 aliphatic carbocycles. The van der Waals surface area contributed by atoms with Crippen LogP contribution in [-0.2, 0) is 9.47 Å². The van der Waals surface area contributed by atoms with E-state index in [1.165, 1.54) is 0 Å². The number of hydrogen-bond donors (Lipinski definition) is 1. The summed E-state index contributed by atoms with van der Waals surface area (Å²) in [7, 11) is 1.56. The quantitative estimate of drug-likeness (QED) is 0.663. The van der Waals surface area contributed by atoms with Crippen LogP contribution in [0.25, 0.3) is 5.69 Å². The second-order valence-corrected chi connectivity index (χ2v) is 4.39. The van der Waals surface area contributed by atoms with E-state index in [0.29, 0.717) is 5.69 Å². The Hall–Kier alpha value is -2.34. The van der Waals surface area contributed by atoms with Gasteiger partial charge in [-0.25, -0.2) is 9.48 Å². The van der Waals surface area contributed by atoms with Crippen molar-refractivity contribution in [3.05, 3.63) is 42.2 Å². The third-order valence-electron chi connectivity index (χ3n) is 2.78. The summed E-state index contributed by atoms with van der Waals surface area (Å²) in [6.45, 7) is 2.01. The van der Waals surface area contributed by atoms with Crippen molar-refractivity contribution in [1.29, 1.82) is 0 Å². The van der Waals surface area contributed by atoms with E-state index < -0.39 is 5.97 Å². The largest absolute Gasteiger partial charge is 0.458 e. The van der Waals surface area contributed by atoms with E-state index in [1.807, 2.05) is 19.1 Å². The van der Waals surface area contributed by atoms with Gasteiger partial charge in [-0.1, -0.05) is 6.07 Å². The van der Waals surface area contributed by atoms with Crippen LogP contribution in [0.15, 0.2) is 36.5 Å². The number of nitrogens with zero attached hydrogens (tertiary/aromatic N) is 2. The van der Waals surface area contributed by atoms with Gasteiger partial charge in [-0.3, -0.25) is 0 Å². The number of methoxy groups -OCH3 is 1. The van der Waals surface area contributed by atoms with Crippen molar-refractivity contribution in [3.8, 4) is 5.69 Å². The summed E-state index contributed by atoms with van der Waals surface area (Å²) in [6.07, 6.45) is 1.54. The van der Waals surface area contributed by atoms with Crippen molar-refractivity contribution in [1.82, 2.24) is 9.78 Å². The maximum atomic E-state index is 11.8. The standard InChI is InChI=1S/C14H17N3O3/c1-10(19-2)9-20-14(18)13-6-7-17(16-13)12-5-3-4-11(15)8-12/h3-8,10H,9,15H2,1-2H3. The van der Waals surface area contributed by atoms with Crippen molar-refractivity contribution >= 4 is 11.7 Å². The molecule has 6 nitrogen and oxygen atoms in total. The van der Waals surface area contributed by atoms with Gasteiger partial charge in [0.05, 0.1) is 11.8 Å². The summed E-state index contributed by atoms with van der Waals surface area (Å²) in [5, 5.41) is 4.17. The first-order valence-electron chi connectivity index (χ1n) is 6.21.